The number of amides is 2. The molecule has 0 saturated carbocycles. The molecule has 6 nitrogen and oxygen atoms in total. The van der Waals surface area contributed by atoms with E-state index in [9.17, 15) is 9.59 Å². The van der Waals surface area contributed by atoms with Crippen molar-refractivity contribution in [3.05, 3.63) is 70.4 Å². The molecule has 2 aromatic rings. The van der Waals surface area contributed by atoms with Crippen molar-refractivity contribution in [3.63, 3.8) is 0 Å². The second-order valence-electron chi connectivity index (χ2n) is 6.99. The number of carbonyl (C=O) groups excluding carboxylic acids is 2. The van der Waals surface area contributed by atoms with Gasteiger partial charge in [0, 0.05) is 32.3 Å². The highest BCUT2D eigenvalue weighted by Gasteiger charge is 2.42. The molecule has 0 atom stereocenters. The molecular weight excluding hydrogens is 404 g/mol. The summed E-state index contributed by atoms with van der Waals surface area (Å²) in [4.78, 5) is 30.1. The van der Waals surface area contributed by atoms with Gasteiger partial charge in [0.25, 0.3) is 11.8 Å². The summed E-state index contributed by atoms with van der Waals surface area (Å²) in [6, 6.07) is 14.3. The van der Waals surface area contributed by atoms with E-state index < -0.39 is 0 Å². The van der Waals surface area contributed by atoms with Crippen LogP contribution in [0.4, 0.5) is 5.69 Å². The Balaban J connectivity index is 2.12. The van der Waals surface area contributed by atoms with Gasteiger partial charge in [-0.25, -0.2) is 4.90 Å². The fourth-order valence-corrected chi connectivity index (χ4v) is 3.55. The zero-order valence-corrected chi connectivity index (χ0v) is 18.1. The summed E-state index contributed by atoms with van der Waals surface area (Å²) in [6.07, 6.45) is 0. The standard InChI is InChI=1S/C23H25ClN2O4/c1-16-5-4-6-19(15-16)26-22(27)20(17-7-9-18(24)10-8-17)21(23(26)28)25(11-13-29-2)12-14-30-3/h4-10,15H,11-14H2,1-3H3. The predicted octanol–water partition coefficient (Wildman–Crippen LogP) is 3.53. The van der Waals surface area contributed by atoms with Crippen LogP contribution < -0.4 is 4.90 Å². The number of halogens is 1. The van der Waals surface area contributed by atoms with Crippen LogP contribution in [0.3, 0.4) is 0 Å². The Labute approximate surface area is 181 Å². The molecule has 1 aliphatic rings. The van der Waals surface area contributed by atoms with Gasteiger partial charge in [0.15, 0.2) is 0 Å². The van der Waals surface area contributed by atoms with E-state index in [2.05, 4.69) is 0 Å². The monoisotopic (exact) mass is 428 g/mol. The first kappa shape index (κ1) is 22.0. The Morgan fingerprint density at radius 1 is 0.933 bits per heavy atom. The van der Waals surface area contributed by atoms with Gasteiger partial charge in [-0.1, -0.05) is 35.9 Å². The van der Waals surface area contributed by atoms with E-state index in [4.69, 9.17) is 21.1 Å². The summed E-state index contributed by atoms with van der Waals surface area (Å²) in [6.45, 7) is 3.65. The zero-order chi connectivity index (χ0) is 21.7. The Morgan fingerprint density at radius 2 is 1.57 bits per heavy atom. The summed E-state index contributed by atoms with van der Waals surface area (Å²) < 4.78 is 10.5. The first-order chi connectivity index (χ1) is 14.5. The van der Waals surface area contributed by atoms with Crippen molar-refractivity contribution in [2.24, 2.45) is 0 Å². The van der Waals surface area contributed by atoms with E-state index in [0.717, 1.165) is 5.56 Å². The molecule has 0 aromatic heterocycles. The van der Waals surface area contributed by atoms with Gasteiger partial charge >= 0.3 is 0 Å². The molecule has 2 amide bonds. The number of carbonyl (C=O) groups is 2. The molecular formula is C23H25ClN2O4. The Hall–Kier alpha value is -2.67. The second kappa shape index (κ2) is 9.89. The fraction of sp³-hybridized carbons (Fsp3) is 0.304. The van der Waals surface area contributed by atoms with E-state index in [1.54, 1.807) is 44.6 Å². The number of hydrogen-bond donors (Lipinski definition) is 0. The molecule has 1 aliphatic heterocycles. The van der Waals surface area contributed by atoms with Gasteiger partial charge in [-0.05, 0) is 42.3 Å². The van der Waals surface area contributed by atoms with Gasteiger partial charge in [-0.2, -0.15) is 0 Å². The lowest BCUT2D eigenvalue weighted by atomic mass is 10.0. The summed E-state index contributed by atoms with van der Waals surface area (Å²) in [7, 11) is 3.20. The van der Waals surface area contributed by atoms with Crippen molar-refractivity contribution in [3.8, 4) is 0 Å². The summed E-state index contributed by atoms with van der Waals surface area (Å²) in [5, 5.41) is 0.559. The van der Waals surface area contributed by atoms with Crippen LogP contribution in [-0.2, 0) is 19.1 Å². The summed E-state index contributed by atoms with van der Waals surface area (Å²) in [5.41, 5.74) is 2.85. The van der Waals surface area contributed by atoms with Crippen molar-refractivity contribution in [2.75, 3.05) is 45.4 Å². The minimum atomic E-state index is -0.359. The maximum absolute atomic E-state index is 13.5. The molecule has 7 heteroatoms. The highest BCUT2D eigenvalue weighted by Crippen LogP contribution is 2.35. The number of aryl methyl sites for hydroxylation is 1. The third-order valence-corrected chi connectivity index (χ3v) is 5.15. The molecule has 0 radical (unpaired) electrons. The first-order valence-corrected chi connectivity index (χ1v) is 10.0. The maximum Gasteiger partial charge on any atom is 0.282 e. The summed E-state index contributed by atoms with van der Waals surface area (Å²) >= 11 is 6.04. The van der Waals surface area contributed by atoms with Crippen LogP contribution in [-0.4, -0.2) is 57.2 Å². The van der Waals surface area contributed by atoms with Crippen LogP contribution in [0.25, 0.3) is 5.57 Å². The number of nitrogens with zero attached hydrogens (tertiary/aromatic N) is 2. The van der Waals surface area contributed by atoms with Crippen LogP contribution >= 0.6 is 11.6 Å². The molecule has 0 fully saturated rings. The van der Waals surface area contributed by atoms with Crippen LogP contribution in [0.1, 0.15) is 11.1 Å². The number of ether oxygens (including phenoxy) is 2. The van der Waals surface area contributed by atoms with Crippen molar-refractivity contribution >= 4 is 34.7 Å². The number of benzene rings is 2. The molecule has 0 aliphatic carbocycles. The second-order valence-corrected chi connectivity index (χ2v) is 7.42. The largest absolute Gasteiger partial charge is 0.383 e. The smallest absolute Gasteiger partial charge is 0.282 e. The highest BCUT2D eigenvalue weighted by atomic mass is 35.5. The lowest BCUT2D eigenvalue weighted by Crippen LogP contribution is -2.37. The van der Waals surface area contributed by atoms with E-state index in [1.165, 1.54) is 4.90 Å². The molecule has 0 bridgehead atoms. The third kappa shape index (κ3) is 4.56. The molecule has 0 N–H and O–H groups in total. The zero-order valence-electron chi connectivity index (χ0n) is 17.4. The number of imide groups is 1. The van der Waals surface area contributed by atoms with E-state index in [-0.39, 0.29) is 11.8 Å². The molecule has 0 saturated heterocycles. The van der Waals surface area contributed by atoms with Gasteiger partial charge < -0.3 is 14.4 Å². The Bertz CT molecular complexity index is 948. The fourth-order valence-electron chi connectivity index (χ4n) is 3.43. The number of rotatable bonds is 9. The van der Waals surface area contributed by atoms with Crippen LogP contribution in [0.15, 0.2) is 54.2 Å². The molecule has 1 heterocycles. The minimum absolute atomic E-state index is 0.345. The molecule has 2 aromatic carbocycles. The SMILES string of the molecule is COCCN(CCOC)C1=C(c2ccc(Cl)cc2)C(=O)N(c2cccc(C)c2)C1=O. The first-order valence-electron chi connectivity index (χ1n) is 9.66. The lowest BCUT2D eigenvalue weighted by molar-refractivity contribution is -0.120. The molecule has 158 valence electrons. The average molecular weight is 429 g/mol. The topological polar surface area (TPSA) is 59.1 Å². The van der Waals surface area contributed by atoms with E-state index >= 15 is 0 Å². The average Bonchev–Trinajstić information content (AvgIpc) is 2.99. The predicted molar refractivity (Wildman–Crippen MR) is 117 cm³/mol. The van der Waals surface area contributed by atoms with Crippen molar-refractivity contribution in [2.45, 2.75) is 6.92 Å². The van der Waals surface area contributed by atoms with Gasteiger partial charge in [0.2, 0.25) is 0 Å². The van der Waals surface area contributed by atoms with Crippen molar-refractivity contribution in [1.29, 1.82) is 0 Å². The normalized spacial score (nSPS) is 14.1. The summed E-state index contributed by atoms with van der Waals surface area (Å²) in [5.74, 6) is -0.717. The Morgan fingerprint density at radius 3 is 2.13 bits per heavy atom. The van der Waals surface area contributed by atoms with E-state index in [1.807, 2.05) is 30.0 Å². The molecule has 0 spiro atoms. The molecule has 30 heavy (non-hydrogen) atoms. The van der Waals surface area contributed by atoms with Crippen LogP contribution in [0.2, 0.25) is 5.02 Å². The molecule has 3 rings (SSSR count). The quantitative estimate of drug-likeness (QED) is 0.572. The minimum Gasteiger partial charge on any atom is -0.383 e. The highest BCUT2D eigenvalue weighted by molar-refractivity contribution is 6.45. The number of methoxy groups -OCH3 is 2. The van der Waals surface area contributed by atoms with Gasteiger partial charge in [-0.15, -0.1) is 0 Å². The third-order valence-electron chi connectivity index (χ3n) is 4.90. The van der Waals surface area contributed by atoms with Crippen molar-refractivity contribution in [1.82, 2.24) is 4.90 Å². The molecule has 0 unspecified atom stereocenters. The van der Waals surface area contributed by atoms with Gasteiger partial charge in [0.05, 0.1) is 24.5 Å². The maximum atomic E-state index is 13.5. The van der Waals surface area contributed by atoms with Crippen LogP contribution in [0, 0.1) is 6.92 Å². The Kier molecular flexibility index (Phi) is 7.26. The van der Waals surface area contributed by atoms with E-state index in [0.29, 0.717) is 53.8 Å². The van der Waals surface area contributed by atoms with Crippen molar-refractivity contribution < 1.29 is 19.1 Å². The van der Waals surface area contributed by atoms with Crippen LogP contribution in [0.5, 0.6) is 0 Å². The number of hydrogen-bond acceptors (Lipinski definition) is 5. The van der Waals surface area contributed by atoms with Gasteiger partial charge in [0.1, 0.15) is 5.70 Å². The lowest BCUT2D eigenvalue weighted by Gasteiger charge is -2.25. The number of anilines is 1. The van der Waals surface area contributed by atoms with Gasteiger partial charge in [-0.3, -0.25) is 9.59 Å².